The maximum Gasteiger partial charge on any atom is 0.142 e. The normalized spacial score (nSPS) is 11.1. The van der Waals surface area contributed by atoms with Crippen LogP contribution in [0.3, 0.4) is 0 Å². The molecule has 24 heavy (non-hydrogen) atoms. The van der Waals surface area contributed by atoms with Crippen molar-refractivity contribution in [3.63, 3.8) is 0 Å². The van der Waals surface area contributed by atoms with Crippen molar-refractivity contribution >= 4 is 24.0 Å². The summed E-state index contributed by atoms with van der Waals surface area (Å²) in [5.41, 5.74) is 4.24. The Morgan fingerprint density at radius 3 is 1.88 bits per heavy atom. The summed E-state index contributed by atoms with van der Waals surface area (Å²) in [6, 6.07) is 26.6. The van der Waals surface area contributed by atoms with Crippen molar-refractivity contribution in [2.75, 3.05) is 0 Å². The average molecular weight is 333 g/mol. The van der Waals surface area contributed by atoms with E-state index in [1.54, 1.807) is 6.08 Å². The first-order valence-corrected chi connectivity index (χ1v) is 8.19. The molecule has 2 heteroatoms. The quantitative estimate of drug-likeness (QED) is 0.331. The Morgan fingerprint density at radius 2 is 1.33 bits per heavy atom. The number of hydrogen-bond donors (Lipinski definition) is 0. The van der Waals surface area contributed by atoms with Crippen LogP contribution < -0.4 is 0 Å². The lowest BCUT2D eigenvalue weighted by molar-refractivity contribution is -0.104. The van der Waals surface area contributed by atoms with E-state index in [1.165, 1.54) is 17.2 Å². The first-order chi connectivity index (χ1) is 11.8. The molecule has 0 saturated heterocycles. The van der Waals surface area contributed by atoms with E-state index in [9.17, 15) is 4.79 Å². The second-order valence-corrected chi connectivity index (χ2v) is 5.88. The highest BCUT2D eigenvalue weighted by Crippen LogP contribution is 2.37. The molecule has 0 unspecified atom stereocenters. The summed E-state index contributed by atoms with van der Waals surface area (Å²) in [4.78, 5) is 10.6. The number of carbonyl (C=O) groups excluding carboxylic acids is 1. The third kappa shape index (κ3) is 3.47. The number of allylic oxidation sites excluding steroid dienone is 1. The number of hydrogen-bond acceptors (Lipinski definition) is 1. The van der Waals surface area contributed by atoms with E-state index in [1.807, 2.05) is 54.6 Å². The van der Waals surface area contributed by atoms with E-state index < -0.39 is 0 Å². The van der Waals surface area contributed by atoms with Gasteiger partial charge in [-0.05, 0) is 28.3 Å². The monoisotopic (exact) mass is 332 g/mol. The molecule has 3 aromatic carbocycles. The van der Waals surface area contributed by atoms with E-state index in [0.717, 1.165) is 17.4 Å². The highest BCUT2D eigenvalue weighted by Gasteiger charge is 2.19. The summed E-state index contributed by atoms with van der Waals surface area (Å²) in [6.45, 7) is 0. The van der Waals surface area contributed by atoms with E-state index in [2.05, 4.69) is 24.3 Å². The van der Waals surface area contributed by atoms with E-state index in [-0.39, 0.29) is 5.92 Å². The Kier molecular flexibility index (Phi) is 5.25. The second-order valence-electron chi connectivity index (χ2n) is 5.50. The van der Waals surface area contributed by atoms with Crippen LogP contribution in [0.15, 0.2) is 84.9 Å². The van der Waals surface area contributed by atoms with Crippen molar-refractivity contribution in [1.82, 2.24) is 0 Å². The highest BCUT2D eigenvalue weighted by atomic mass is 35.5. The molecule has 0 saturated carbocycles. The zero-order valence-corrected chi connectivity index (χ0v) is 13.9. The zero-order chi connectivity index (χ0) is 16.8. The van der Waals surface area contributed by atoms with Crippen LogP contribution in [0.4, 0.5) is 0 Å². The van der Waals surface area contributed by atoms with Crippen LogP contribution in [-0.2, 0) is 4.79 Å². The van der Waals surface area contributed by atoms with Gasteiger partial charge in [0.1, 0.15) is 6.29 Å². The summed E-state index contributed by atoms with van der Waals surface area (Å²) in [5, 5.41) is 0.674. The van der Waals surface area contributed by atoms with Crippen molar-refractivity contribution in [3.8, 4) is 0 Å². The second kappa shape index (κ2) is 7.76. The fourth-order valence-corrected chi connectivity index (χ4v) is 3.20. The Morgan fingerprint density at radius 1 is 0.750 bits per heavy atom. The minimum absolute atomic E-state index is 0.0458. The van der Waals surface area contributed by atoms with Crippen molar-refractivity contribution in [1.29, 1.82) is 0 Å². The molecule has 0 aromatic heterocycles. The Bertz CT molecular complexity index is 799. The SMILES string of the molecule is O=C/C=C/c1cccc(C(c2ccccc2)c2ccccc2)c1Cl. The molecule has 0 fully saturated rings. The summed E-state index contributed by atoms with van der Waals surface area (Å²) in [6.07, 6.45) is 3.96. The van der Waals surface area contributed by atoms with Gasteiger partial charge in [0.05, 0.1) is 5.02 Å². The predicted octanol–water partition coefficient (Wildman–Crippen LogP) is 5.73. The van der Waals surface area contributed by atoms with Gasteiger partial charge < -0.3 is 0 Å². The van der Waals surface area contributed by atoms with Gasteiger partial charge in [0, 0.05) is 5.92 Å². The van der Waals surface area contributed by atoms with Gasteiger partial charge in [0.2, 0.25) is 0 Å². The minimum Gasteiger partial charge on any atom is -0.299 e. The molecule has 0 bridgehead atoms. The average Bonchev–Trinajstić information content (AvgIpc) is 2.64. The first kappa shape index (κ1) is 16.2. The largest absolute Gasteiger partial charge is 0.299 e. The topological polar surface area (TPSA) is 17.1 Å². The molecule has 0 aliphatic carbocycles. The molecule has 118 valence electrons. The first-order valence-electron chi connectivity index (χ1n) is 7.81. The fraction of sp³-hybridized carbons (Fsp3) is 0.0455. The van der Waals surface area contributed by atoms with Crippen LogP contribution in [-0.4, -0.2) is 6.29 Å². The number of halogens is 1. The van der Waals surface area contributed by atoms with E-state index >= 15 is 0 Å². The van der Waals surface area contributed by atoms with Gasteiger partial charge in [0.25, 0.3) is 0 Å². The van der Waals surface area contributed by atoms with Crippen molar-refractivity contribution in [2.45, 2.75) is 5.92 Å². The van der Waals surface area contributed by atoms with Crippen molar-refractivity contribution in [3.05, 3.63) is 112 Å². The van der Waals surface area contributed by atoms with Gasteiger partial charge in [-0.2, -0.15) is 0 Å². The highest BCUT2D eigenvalue weighted by molar-refractivity contribution is 6.33. The standard InChI is InChI=1S/C22H17ClO/c23-22-19(14-8-16-24)13-7-15-20(22)21(17-9-3-1-4-10-17)18-11-5-2-6-12-18/h1-16,21H/b14-8+. The van der Waals surface area contributed by atoms with Gasteiger partial charge in [-0.1, -0.05) is 96.5 Å². The maximum atomic E-state index is 10.6. The molecule has 3 rings (SSSR count). The summed E-state index contributed by atoms with van der Waals surface area (Å²) < 4.78 is 0. The van der Waals surface area contributed by atoms with Crippen LogP contribution in [0.2, 0.25) is 5.02 Å². The van der Waals surface area contributed by atoms with Crippen LogP contribution in [0.1, 0.15) is 28.2 Å². The van der Waals surface area contributed by atoms with Gasteiger partial charge >= 0.3 is 0 Å². The molecule has 0 spiro atoms. The molecule has 1 nitrogen and oxygen atoms in total. The molecular formula is C22H17ClO. The number of carbonyl (C=O) groups is 1. The third-order valence-corrected chi connectivity index (χ3v) is 4.43. The number of rotatable bonds is 5. The minimum atomic E-state index is 0.0458. The number of benzene rings is 3. The van der Waals surface area contributed by atoms with Gasteiger partial charge in [0.15, 0.2) is 0 Å². The maximum absolute atomic E-state index is 10.6. The van der Waals surface area contributed by atoms with Crippen molar-refractivity contribution in [2.24, 2.45) is 0 Å². The smallest absolute Gasteiger partial charge is 0.142 e. The molecule has 0 aliphatic rings. The third-order valence-electron chi connectivity index (χ3n) is 3.99. The van der Waals surface area contributed by atoms with E-state index in [4.69, 9.17) is 11.6 Å². The lowest BCUT2D eigenvalue weighted by atomic mass is 9.84. The molecule has 0 amide bonds. The lowest BCUT2D eigenvalue weighted by Gasteiger charge is -2.21. The molecule has 0 atom stereocenters. The Balaban J connectivity index is 2.17. The molecule has 0 aliphatic heterocycles. The van der Waals surface area contributed by atoms with E-state index in [0.29, 0.717) is 5.02 Å². The summed E-state index contributed by atoms with van der Waals surface area (Å²) in [7, 11) is 0. The molecule has 0 radical (unpaired) electrons. The van der Waals surface area contributed by atoms with Crippen molar-refractivity contribution < 1.29 is 4.79 Å². The van der Waals surface area contributed by atoms with Crippen LogP contribution in [0, 0.1) is 0 Å². The molecule has 0 N–H and O–H groups in total. The molecule has 3 aromatic rings. The van der Waals surface area contributed by atoms with Crippen LogP contribution >= 0.6 is 11.6 Å². The van der Waals surface area contributed by atoms with Crippen LogP contribution in [0.25, 0.3) is 6.08 Å². The molecular weight excluding hydrogens is 316 g/mol. The predicted molar refractivity (Wildman–Crippen MR) is 100 cm³/mol. The molecule has 0 heterocycles. The summed E-state index contributed by atoms with van der Waals surface area (Å²) in [5.74, 6) is 0.0458. The Labute approximate surface area is 147 Å². The fourth-order valence-electron chi connectivity index (χ4n) is 2.91. The van der Waals surface area contributed by atoms with Crippen LogP contribution in [0.5, 0.6) is 0 Å². The van der Waals surface area contributed by atoms with Gasteiger partial charge in [-0.15, -0.1) is 0 Å². The summed E-state index contributed by atoms with van der Waals surface area (Å²) >= 11 is 6.67. The number of aldehydes is 1. The van der Waals surface area contributed by atoms with Gasteiger partial charge in [-0.3, -0.25) is 4.79 Å². The zero-order valence-electron chi connectivity index (χ0n) is 13.1. The van der Waals surface area contributed by atoms with Gasteiger partial charge in [-0.25, -0.2) is 0 Å². The lowest BCUT2D eigenvalue weighted by Crippen LogP contribution is -2.04. The Hall–Kier alpha value is -2.64.